The summed E-state index contributed by atoms with van der Waals surface area (Å²) in [5.41, 5.74) is 7.11. The van der Waals surface area contributed by atoms with Gasteiger partial charge in [0.1, 0.15) is 0 Å². The summed E-state index contributed by atoms with van der Waals surface area (Å²) in [6.07, 6.45) is 3.61. The van der Waals surface area contributed by atoms with Crippen molar-refractivity contribution >= 4 is 5.70 Å². The van der Waals surface area contributed by atoms with Gasteiger partial charge in [0.05, 0.1) is 6.04 Å². The Labute approximate surface area is 149 Å². The fourth-order valence-electron chi connectivity index (χ4n) is 4.44. The smallest absolute Gasteiger partial charge is 0.0649 e. The van der Waals surface area contributed by atoms with E-state index in [-0.39, 0.29) is 0 Å². The summed E-state index contributed by atoms with van der Waals surface area (Å²) in [5, 5.41) is 0. The lowest BCUT2D eigenvalue weighted by atomic mass is 9.83. The summed E-state index contributed by atoms with van der Waals surface area (Å²) in [6.45, 7) is 1.09. The van der Waals surface area contributed by atoms with Crippen LogP contribution in [0.4, 0.5) is 0 Å². The van der Waals surface area contributed by atoms with E-state index in [4.69, 9.17) is 0 Å². The van der Waals surface area contributed by atoms with Crippen molar-refractivity contribution < 1.29 is 0 Å². The van der Waals surface area contributed by atoms with Crippen LogP contribution in [0.15, 0.2) is 91.0 Å². The second kappa shape index (κ2) is 5.93. The number of hydrogen-bond acceptors (Lipinski definition) is 1. The first-order chi connectivity index (χ1) is 12.4. The molecule has 0 bridgehead atoms. The second-order valence-electron chi connectivity index (χ2n) is 6.94. The Kier molecular flexibility index (Phi) is 3.45. The van der Waals surface area contributed by atoms with Gasteiger partial charge in [-0.1, -0.05) is 91.0 Å². The third-order valence-corrected chi connectivity index (χ3v) is 5.57. The molecule has 2 heterocycles. The number of hydrogen-bond donors (Lipinski definition) is 0. The standard InChI is InChI=1S/C24H21N/c1-3-9-18(10-4-1)22-17-23(20-12-5-2-6-13-20)25-16-15-19-11-7-8-14-21(19)24(22)25/h1-14,17,22,24H,15-16H2/t22-,24+/m0/s1. The molecule has 0 unspecified atom stereocenters. The first-order valence-corrected chi connectivity index (χ1v) is 9.08. The Morgan fingerprint density at radius 2 is 1.40 bits per heavy atom. The maximum absolute atomic E-state index is 2.62. The van der Waals surface area contributed by atoms with Crippen LogP contribution in [0.25, 0.3) is 5.70 Å². The maximum atomic E-state index is 2.62. The maximum Gasteiger partial charge on any atom is 0.0649 e. The molecule has 0 aliphatic carbocycles. The van der Waals surface area contributed by atoms with Crippen molar-refractivity contribution in [3.63, 3.8) is 0 Å². The summed E-state index contributed by atoms with van der Waals surface area (Å²) in [4.78, 5) is 2.62. The molecule has 0 saturated carbocycles. The van der Waals surface area contributed by atoms with E-state index in [2.05, 4.69) is 95.9 Å². The average Bonchev–Trinajstić information content (AvgIpc) is 3.09. The van der Waals surface area contributed by atoms with Crippen LogP contribution in [0.2, 0.25) is 0 Å². The molecule has 0 saturated heterocycles. The quantitative estimate of drug-likeness (QED) is 0.608. The van der Waals surface area contributed by atoms with Crippen LogP contribution in [-0.4, -0.2) is 11.4 Å². The van der Waals surface area contributed by atoms with Crippen LogP contribution < -0.4 is 0 Å². The van der Waals surface area contributed by atoms with E-state index in [9.17, 15) is 0 Å². The van der Waals surface area contributed by atoms with E-state index in [1.54, 1.807) is 0 Å². The Morgan fingerprint density at radius 3 is 2.20 bits per heavy atom. The van der Waals surface area contributed by atoms with Crippen molar-refractivity contribution in [1.82, 2.24) is 4.90 Å². The van der Waals surface area contributed by atoms with E-state index in [1.165, 1.54) is 28.0 Å². The molecule has 3 aromatic rings. The van der Waals surface area contributed by atoms with Gasteiger partial charge in [0.2, 0.25) is 0 Å². The zero-order valence-corrected chi connectivity index (χ0v) is 14.2. The molecule has 0 fully saturated rings. The molecule has 0 spiro atoms. The summed E-state index contributed by atoms with van der Waals surface area (Å²) < 4.78 is 0. The van der Waals surface area contributed by atoms with Crippen molar-refractivity contribution in [3.8, 4) is 0 Å². The minimum absolute atomic E-state index is 0.401. The lowest BCUT2D eigenvalue weighted by Gasteiger charge is -2.38. The summed E-state index contributed by atoms with van der Waals surface area (Å²) in [5.74, 6) is 0.401. The molecular weight excluding hydrogens is 302 g/mol. The number of fused-ring (bicyclic) bond motifs is 3. The molecule has 122 valence electrons. The topological polar surface area (TPSA) is 3.24 Å². The van der Waals surface area contributed by atoms with Gasteiger partial charge >= 0.3 is 0 Å². The molecule has 1 heteroatoms. The highest BCUT2D eigenvalue weighted by molar-refractivity contribution is 5.70. The first-order valence-electron chi connectivity index (χ1n) is 9.08. The Hall–Kier alpha value is -2.80. The lowest BCUT2D eigenvalue weighted by Crippen LogP contribution is -2.32. The van der Waals surface area contributed by atoms with Crippen LogP contribution in [-0.2, 0) is 6.42 Å². The molecule has 25 heavy (non-hydrogen) atoms. The third kappa shape index (κ3) is 2.39. The molecule has 0 N–H and O–H groups in total. The van der Waals surface area contributed by atoms with Crippen molar-refractivity contribution in [2.45, 2.75) is 18.4 Å². The highest BCUT2D eigenvalue weighted by atomic mass is 15.2. The van der Waals surface area contributed by atoms with E-state index < -0.39 is 0 Å². The Bertz CT molecular complexity index is 911. The van der Waals surface area contributed by atoms with Gasteiger partial charge in [-0.2, -0.15) is 0 Å². The van der Waals surface area contributed by atoms with Gasteiger partial charge in [-0.25, -0.2) is 0 Å². The minimum atomic E-state index is 0.401. The van der Waals surface area contributed by atoms with Crippen molar-refractivity contribution in [1.29, 1.82) is 0 Å². The van der Waals surface area contributed by atoms with Gasteiger partial charge in [0.25, 0.3) is 0 Å². The van der Waals surface area contributed by atoms with Crippen LogP contribution in [0.5, 0.6) is 0 Å². The monoisotopic (exact) mass is 323 g/mol. The van der Waals surface area contributed by atoms with Gasteiger partial charge in [0, 0.05) is 18.2 Å². The predicted octanol–water partition coefficient (Wildman–Crippen LogP) is 5.42. The van der Waals surface area contributed by atoms with Crippen LogP contribution in [0, 0.1) is 0 Å². The number of nitrogens with zero attached hydrogens (tertiary/aromatic N) is 1. The van der Waals surface area contributed by atoms with Gasteiger partial charge in [0.15, 0.2) is 0 Å². The summed E-state index contributed by atoms with van der Waals surface area (Å²) in [7, 11) is 0. The number of rotatable bonds is 2. The lowest BCUT2D eigenvalue weighted by molar-refractivity contribution is 0.285. The Balaban J connectivity index is 1.67. The fourth-order valence-corrected chi connectivity index (χ4v) is 4.44. The van der Waals surface area contributed by atoms with Crippen LogP contribution >= 0.6 is 0 Å². The van der Waals surface area contributed by atoms with E-state index >= 15 is 0 Å². The van der Waals surface area contributed by atoms with E-state index in [0.717, 1.165) is 13.0 Å². The van der Waals surface area contributed by atoms with Crippen molar-refractivity contribution in [3.05, 3.63) is 113 Å². The Morgan fingerprint density at radius 1 is 0.720 bits per heavy atom. The highest BCUT2D eigenvalue weighted by Gasteiger charge is 2.39. The molecule has 1 nitrogen and oxygen atoms in total. The van der Waals surface area contributed by atoms with E-state index in [0.29, 0.717) is 12.0 Å². The highest BCUT2D eigenvalue weighted by Crippen LogP contribution is 2.50. The molecule has 0 aromatic heterocycles. The second-order valence-corrected chi connectivity index (χ2v) is 6.94. The molecule has 0 radical (unpaired) electrons. The molecule has 5 rings (SSSR count). The first kappa shape index (κ1) is 14.5. The van der Waals surface area contributed by atoms with Crippen LogP contribution in [0.3, 0.4) is 0 Å². The van der Waals surface area contributed by atoms with Gasteiger partial charge < -0.3 is 4.90 Å². The zero-order valence-electron chi connectivity index (χ0n) is 14.2. The van der Waals surface area contributed by atoms with Crippen LogP contribution in [0.1, 0.15) is 34.2 Å². The fraction of sp³-hybridized carbons (Fsp3) is 0.167. The normalized spacial score (nSPS) is 21.4. The zero-order chi connectivity index (χ0) is 16.6. The van der Waals surface area contributed by atoms with Crippen molar-refractivity contribution in [2.75, 3.05) is 6.54 Å². The summed E-state index contributed by atoms with van der Waals surface area (Å²) in [6, 6.07) is 31.2. The van der Waals surface area contributed by atoms with Crippen molar-refractivity contribution in [2.24, 2.45) is 0 Å². The van der Waals surface area contributed by atoms with Gasteiger partial charge in [-0.05, 0) is 28.7 Å². The molecule has 0 amide bonds. The molecule has 2 aliphatic rings. The predicted molar refractivity (Wildman–Crippen MR) is 103 cm³/mol. The van der Waals surface area contributed by atoms with E-state index in [1.807, 2.05) is 0 Å². The summed E-state index contributed by atoms with van der Waals surface area (Å²) >= 11 is 0. The molecule has 2 aliphatic heterocycles. The average molecular weight is 323 g/mol. The van der Waals surface area contributed by atoms with Gasteiger partial charge in [-0.3, -0.25) is 0 Å². The largest absolute Gasteiger partial charge is 0.363 e. The molecular formula is C24H21N. The third-order valence-electron chi connectivity index (χ3n) is 5.57. The van der Waals surface area contributed by atoms with Gasteiger partial charge in [-0.15, -0.1) is 0 Å². The minimum Gasteiger partial charge on any atom is -0.363 e. The SMILES string of the molecule is C1=C(c2ccccc2)N2CCc3ccccc3[C@@H]2[C@@H]1c1ccccc1. The molecule has 3 aromatic carbocycles. The molecule has 2 atom stereocenters. The number of benzene rings is 3.